The number of hydrogen-bond acceptors (Lipinski definition) is 1. The highest BCUT2D eigenvalue weighted by Crippen LogP contribution is 2.27. The summed E-state index contributed by atoms with van der Waals surface area (Å²) in [5.41, 5.74) is 1.94. The molecule has 0 aliphatic heterocycles. The Balaban J connectivity index is 2.28. The molecule has 0 bridgehead atoms. The van der Waals surface area contributed by atoms with Crippen LogP contribution in [0.15, 0.2) is 54.9 Å². The highest BCUT2D eigenvalue weighted by Gasteiger charge is 2.20. The van der Waals surface area contributed by atoms with Crippen LogP contribution >= 0.6 is 0 Å². The van der Waals surface area contributed by atoms with E-state index in [2.05, 4.69) is 4.98 Å². The van der Waals surface area contributed by atoms with Gasteiger partial charge in [0.05, 0.1) is 5.52 Å². The Labute approximate surface area is 103 Å². The Hall–Kier alpha value is -2.17. The molecule has 88 valence electrons. The number of para-hydroxylation sites is 1. The van der Waals surface area contributed by atoms with E-state index >= 15 is 0 Å². The van der Waals surface area contributed by atoms with Crippen LogP contribution in [0.5, 0.6) is 0 Å². The summed E-state index contributed by atoms with van der Waals surface area (Å²) in [5, 5.41) is 0.942. The smallest absolute Gasteiger partial charge is 0.332 e. The van der Waals surface area contributed by atoms with Crippen molar-refractivity contribution in [2.75, 3.05) is 0 Å². The summed E-state index contributed by atoms with van der Waals surface area (Å²) in [6.45, 7) is 0. The molecule has 1 aromatic carbocycles. The molecule has 18 heavy (non-hydrogen) atoms. The van der Waals surface area contributed by atoms with Gasteiger partial charge in [0.25, 0.3) is 0 Å². The number of pyridine rings is 1. The molecule has 2 aromatic heterocycles. The van der Waals surface area contributed by atoms with Crippen LogP contribution in [0, 0.1) is 0 Å². The Morgan fingerprint density at radius 1 is 1.00 bits per heavy atom. The van der Waals surface area contributed by atoms with Gasteiger partial charge in [0.1, 0.15) is 0 Å². The van der Waals surface area contributed by atoms with Gasteiger partial charge in [-0.05, 0) is 24.4 Å². The highest BCUT2D eigenvalue weighted by atomic mass is 19.2. The van der Waals surface area contributed by atoms with Gasteiger partial charge in [0.15, 0.2) is 0 Å². The first-order valence-electron chi connectivity index (χ1n) is 5.56. The molecule has 0 N–H and O–H groups in total. The van der Waals surface area contributed by atoms with E-state index in [1.807, 2.05) is 30.3 Å². The van der Waals surface area contributed by atoms with Crippen molar-refractivity contribution in [3.8, 4) is 11.3 Å². The van der Waals surface area contributed by atoms with Gasteiger partial charge >= 0.3 is 7.40 Å². The largest absolute Gasteiger partial charge is 0.677 e. The van der Waals surface area contributed by atoms with Crippen molar-refractivity contribution in [1.29, 1.82) is 0 Å². The van der Waals surface area contributed by atoms with E-state index in [4.69, 9.17) is 0 Å². The molecule has 3 aromatic rings. The fourth-order valence-corrected chi connectivity index (χ4v) is 2.10. The maximum absolute atomic E-state index is 12.9. The molecule has 2 heterocycles. The van der Waals surface area contributed by atoms with E-state index in [-0.39, 0.29) is 0 Å². The Morgan fingerprint density at radius 2 is 1.83 bits per heavy atom. The van der Waals surface area contributed by atoms with E-state index in [0.717, 1.165) is 20.9 Å². The third-order valence-corrected chi connectivity index (χ3v) is 2.90. The summed E-state index contributed by atoms with van der Waals surface area (Å²) < 4.78 is 26.7. The second kappa shape index (κ2) is 4.25. The predicted molar refractivity (Wildman–Crippen MR) is 68.5 cm³/mol. The molecule has 2 nitrogen and oxygen atoms in total. The van der Waals surface area contributed by atoms with Crippen molar-refractivity contribution in [1.82, 2.24) is 9.46 Å². The van der Waals surface area contributed by atoms with Crippen LogP contribution in [0.4, 0.5) is 8.63 Å². The van der Waals surface area contributed by atoms with Crippen LogP contribution in [0.25, 0.3) is 22.2 Å². The van der Waals surface area contributed by atoms with E-state index in [1.165, 1.54) is 6.20 Å². The van der Waals surface area contributed by atoms with Gasteiger partial charge in [0.2, 0.25) is 0 Å². The lowest BCUT2D eigenvalue weighted by molar-refractivity contribution is 0.631. The molecule has 0 aliphatic carbocycles. The van der Waals surface area contributed by atoms with Crippen molar-refractivity contribution in [2.45, 2.75) is 0 Å². The Bertz CT molecular complexity index is 689. The van der Waals surface area contributed by atoms with Crippen molar-refractivity contribution < 1.29 is 8.63 Å². The van der Waals surface area contributed by atoms with E-state index in [0.29, 0.717) is 5.69 Å². The molecule has 0 amide bonds. The minimum Gasteiger partial charge on any atom is -0.332 e. The van der Waals surface area contributed by atoms with Gasteiger partial charge < -0.3 is 4.48 Å². The van der Waals surface area contributed by atoms with Crippen LogP contribution in [0.2, 0.25) is 0 Å². The molecule has 3 rings (SSSR count). The maximum Gasteiger partial charge on any atom is 0.677 e. The fraction of sp³-hybridized carbons (Fsp3) is 0. The van der Waals surface area contributed by atoms with Crippen molar-refractivity contribution in [3.63, 3.8) is 0 Å². The minimum atomic E-state index is -2.55. The second-order valence-corrected chi connectivity index (χ2v) is 3.96. The lowest BCUT2D eigenvalue weighted by Crippen LogP contribution is -2.12. The summed E-state index contributed by atoms with van der Waals surface area (Å²) >= 11 is 0. The van der Waals surface area contributed by atoms with Gasteiger partial charge in [0, 0.05) is 22.8 Å². The van der Waals surface area contributed by atoms with Gasteiger partial charge in [-0.25, -0.2) is 0 Å². The number of nitrogens with zero attached hydrogens (tertiary/aromatic N) is 2. The van der Waals surface area contributed by atoms with Crippen molar-refractivity contribution >= 4 is 18.3 Å². The molecule has 0 saturated heterocycles. The summed E-state index contributed by atoms with van der Waals surface area (Å²) in [7, 11) is -2.55. The third-order valence-electron chi connectivity index (χ3n) is 2.90. The molecule has 0 fully saturated rings. The van der Waals surface area contributed by atoms with Gasteiger partial charge in [-0.3, -0.25) is 13.6 Å². The average Bonchev–Trinajstić information content (AvgIpc) is 2.87. The van der Waals surface area contributed by atoms with Crippen LogP contribution in [-0.2, 0) is 0 Å². The monoisotopic (exact) mass is 242 g/mol. The van der Waals surface area contributed by atoms with Crippen LogP contribution in [0.1, 0.15) is 0 Å². The molecule has 0 aliphatic rings. The van der Waals surface area contributed by atoms with Crippen LogP contribution in [0.3, 0.4) is 0 Å². The quantitative estimate of drug-likeness (QED) is 0.629. The molecule has 0 unspecified atom stereocenters. The Kier molecular flexibility index (Phi) is 2.59. The average molecular weight is 242 g/mol. The normalized spacial score (nSPS) is 10.8. The highest BCUT2D eigenvalue weighted by molar-refractivity contribution is 6.41. The number of aromatic nitrogens is 2. The van der Waals surface area contributed by atoms with Gasteiger partial charge in [-0.15, -0.1) is 0 Å². The van der Waals surface area contributed by atoms with Crippen LogP contribution in [-0.4, -0.2) is 16.9 Å². The maximum atomic E-state index is 12.9. The third kappa shape index (κ3) is 1.68. The lowest BCUT2D eigenvalue weighted by Gasteiger charge is -2.08. The molecule has 0 saturated carbocycles. The van der Waals surface area contributed by atoms with Crippen molar-refractivity contribution in [2.24, 2.45) is 0 Å². The summed E-state index contributed by atoms with van der Waals surface area (Å²) in [6.07, 6.45) is 3.04. The van der Waals surface area contributed by atoms with E-state index in [9.17, 15) is 8.63 Å². The molecule has 0 spiro atoms. The van der Waals surface area contributed by atoms with Gasteiger partial charge in [-0.2, -0.15) is 0 Å². The number of fused-ring (bicyclic) bond motifs is 1. The number of rotatable bonds is 2. The first-order valence-corrected chi connectivity index (χ1v) is 5.56. The number of hydrogen-bond donors (Lipinski definition) is 0. The fourth-order valence-electron chi connectivity index (χ4n) is 2.10. The van der Waals surface area contributed by atoms with Crippen molar-refractivity contribution in [3.05, 3.63) is 54.9 Å². The lowest BCUT2D eigenvalue weighted by atomic mass is 10.1. The first kappa shape index (κ1) is 11.0. The first-order chi connectivity index (χ1) is 8.77. The molecular weight excluding hydrogens is 233 g/mol. The minimum absolute atomic E-state index is 0.481. The zero-order valence-corrected chi connectivity index (χ0v) is 9.42. The molecule has 0 atom stereocenters. The summed E-state index contributed by atoms with van der Waals surface area (Å²) in [6, 6.07) is 12.6. The predicted octanol–water partition coefficient (Wildman–Crippen LogP) is 3.48. The topological polar surface area (TPSA) is 17.8 Å². The standard InChI is InChI=1S/C13H9BF2N2/c15-14(16)18-9-3-7-12(18)11-6-1-4-10-5-2-8-17-13(10)11/h1-9H. The molecule has 5 heteroatoms. The van der Waals surface area contributed by atoms with Crippen LogP contribution < -0.4 is 0 Å². The second-order valence-electron chi connectivity index (χ2n) is 3.96. The number of halogens is 2. The SMILES string of the molecule is FB(F)n1cccc1-c1cccc2cccnc12. The summed E-state index contributed by atoms with van der Waals surface area (Å²) in [5.74, 6) is 0. The molecular formula is C13H9BF2N2. The zero-order chi connectivity index (χ0) is 12.5. The summed E-state index contributed by atoms with van der Waals surface area (Å²) in [4.78, 5) is 4.28. The van der Waals surface area contributed by atoms with Gasteiger partial charge in [-0.1, -0.05) is 24.3 Å². The molecule has 0 radical (unpaired) electrons. The number of benzene rings is 1. The zero-order valence-electron chi connectivity index (χ0n) is 9.42. The van der Waals surface area contributed by atoms with E-state index in [1.54, 1.807) is 18.3 Å². The van der Waals surface area contributed by atoms with E-state index < -0.39 is 7.40 Å². The Morgan fingerprint density at radius 3 is 2.67 bits per heavy atom.